The van der Waals surface area contributed by atoms with Crippen molar-refractivity contribution in [1.82, 2.24) is 9.46 Å². The maximum absolute atomic E-state index is 15.5. The molecule has 2 aromatic heterocycles. The largest absolute Gasteiger partial charge is 0.737 e. The Morgan fingerprint density at radius 1 is 1.12 bits per heavy atom. The molecule has 0 atom stereocenters. The van der Waals surface area contributed by atoms with Gasteiger partial charge in [-0.3, -0.25) is 4.98 Å². The Morgan fingerprint density at radius 3 is 2.54 bits per heavy atom. The zero-order valence-electron chi connectivity index (χ0n) is 15.5. The van der Waals surface area contributed by atoms with Gasteiger partial charge in [0, 0.05) is 36.0 Å². The molecule has 2 aromatic rings. The molecule has 4 nitrogen and oxygen atoms in total. The second-order valence-electron chi connectivity index (χ2n) is 6.95. The SMILES string of the molecule is COc1cncc(C2=C3C(C)=CC(C)=[N+]3[B-](F)(F)n3c(C)cc(C)c32)c1. The van der Waals surface area contributed by atoms with Gasteiger partial charge in [-0.05, 0) is 44.2 Å². The highest BCUT2D eigenvalue weighted by Crippen LogP contribution is 2.44. The van der Waals surface area contributed by atoms with Crippen LogP contribution in [0.15, 0.2) is 41.9 Å². The van der Waals surface area contributed by atoms with Gasteiger partial charge >= 0.3 is 6.97 Å². The maximum atomic E-state index is 15.5. The molecule has 0 aromatic carbocycles. The second-order valence-corrected chi connectivity index (χ2v) is 6.95. The number of allylic oxidation sites excluding steroid dienone is 2. The average molecular weight is 355 g/mol. The first-order valence-electron chi connectivity index (χ1n) is 8.54. The molecule has 2 aliphatic rings. The van der Waals surface area contributed by atoms with E-state index in [0.29, 0.717) is 28.5 Å². The molecule has 0 bridgehead atoms. The first-order chi connectivity index (χ1) is 12.3. The summed E-state index contributed by atoms with van der Waals surface area (Å²) in [5, 5.41) is 0. The molecule has 26 heavy (non-hydrogen) atoms. The van der Waals surface area contributed by atoms with Gasteiger partial charge in [-0.15, -0.1) is 0 Å². The highest BCUT2D eigenvalue weighted by Gasteiger charge is 2.55. The minimum absolute atomic E-state index is 0.548. The number of rotatable bonds is 2. The highest BCUT2D eigenvalue weighted by molar-refractivity contribution is 6.58. The van der Waals surface area contributed by atoms with E-state index in [-0.39, 0.29) is 0 Å². The van der Waals surface area contributed by atoms with E-state index in [0.717, 1.165) is 22.3 Å². The van der Waals surface area contributed by atoms with Gasteiger partial charge in [-0.2, -0.15) is 0 Å². The van der Waals surface area contributed by atoms with Crippen molar-refractivity contribution in [3.05, 3.63) is 64.4 Å². The van der Waals surface area contributed by atoms with Crippen LogP contribution in [-0.4, -0.2) is 33.7 Å². The van der Waals surface area contributed by atoms with Crippen molar-refractivity contribution in [3.8, 4) is 5.75 Å². The second kappa shape index (κ2) is 5.40. The van der Waals surface area contributed by atoms with Gasteiger partial charge in [0.25, 0.3) is 0 Å². The maximum Gasteiger partial charge on any atom is 0.737 e. The Kier molecular flexibility index (Phi) is 3.48. The lowest BCUT2D eigenvalue weighted by Gasteiger charge is -2.34. The lowest BCUT2D eigenvalue weighted by molar-refractivity contribution is -0.363. The number of aromatic nitrogens is 2. The van der Waals surface area contributed by atoms with Crippen LogP contribution in [0.2, 0.25) is 0 Å². The molecule has 134 valence electrons. The third kappa shape index (κ3) is 2.06. The fourth-order valence-corrected chi connectivity index (χ4v) is 4.24. The number of fused-ring (bicyclic) bond motifs is 2. The lowest BCUT2D eigenvalue weighted by Crippen LogP contribution is -2.51. The lowest BCUT2D eigenvalue weighted by atomic mass is 9.84. The fraction of sp³-hybridized carbons (Fsp3) is 0.263. The van der Waals surface area contributed by atoms with Crippen LogP contribution in [0.25, 0.3) is 5.57 Å². The topological polar surface area (TPSA) is 30.1 Å². The summed E-state index contributed by atoms with van der Waals surface area (Å²) in [6, 6.07) is 3.66. The Morgan fingerprint density at radius 2 is 1.85 bits per heavy atom. The molecule has 4 rings (SSSR count). The van der Waals surface area contributed by atoms with Crippen LogP contribution in [0.5, 0.6) is 5.75 Å². The van der Waals surface area contributed by atoms with Gasteiger partial charge in [-0.1, -0.05) is 0 Å². The number of hydrogen-bond donors (Lipinski definition) is 0. The molecule has 0 amide bonds. The summed E-state index contributed by atoms with van der Waals surface area (Å²) in [5.41, 5.74) is 5.38. The molecule has 0 fully saturated rings. The van der Waals surface area contributed by atoms with Crippen LogP contribution in [0.4, 0.5) is 8.63 Å². The number of hydrogen-bond acceptors (Lipinski definition) is 2. The molecule has 7 heteroatoms. The third-order valence-electron chi connectivity index (χ3n) is 5.17. The van der Waals surface area contributed by atoms with Crippen molar-refractivity contribution in [3.63, 3.8) is 0 Å². The summed E-state index contributed by atoms with van der Waals surface area (Å²) in [7, 11) is 1.57. The molecular formula is C19H20BF2N3O. The molecule has 0 unspecified atom stereocenters. The summed E-state index contributed by atoms with van der Waals surface area (Å²) < 4.78 is 38.7. The van der Waals surface area contributed by atoms with Crippen LogP contribution in [0.1, 0.15) is 36.4 Å². The summed E-state index contributed by atoms with van der Waals surface area (Å²) in [6.45, 7) is 3.25. The van der Waals surface area contributed by atoms with E-state index >= 15 is 8.63 Å². The van der Waals surface area contributed by atoms with Crippen LogP contribution in [0, 0.1) is 13.8 Å². The minimum atomic E-state index is -3.95. The number of nitrogens with zero attached hydrogens (tertiary/aromatic N) is 3. The normalized spacial score (nSPS) is 18.0. The van der Waals surface area contributed by atoms with Crippen LogP contribution >= 0.6 is 0 Å². The van der Waals surface area contributed by atoms with E-state index in [4.69, 9.17) is 4.74 Å². The number of halogens is 2. The van der Waals surface area contributed by atoms with Gasteiger partial charge in [-0.25, -0.2) is 0 Å². The third-order valence-corrected chi connectivity index (χ3v) is 5.17. The standard InChI is InChI=1S/C19H20BF2N3O/c1-11-6-13(3)24-18(11)17(15-8-16(26-5)10-23-9-15)19-12(2)7-14(4)25(19)20(24,21)22/h6-10H,1-5H3. The summed E-state index contributed by atoms with van der Waals surface area (Å²) in [5.74, 6) is 0.595. The van der Waals surface area contributed by atoms with Crippen molar-refractivity contribution >= 4 is 18.3 Å². The van der Waals surface area contributed by atoms with Gasteiger partial charge in [0.05, 0.1) is 18.9 Å². The molecule has 0 N–H and O–H groups in total. The Balaban J connectivity index is 2.16. The molecule has 0 aliphatic carbocycles. The summed E-state index contributed by atoms with van der Waals surface area (Å²) in [4.78, 5) is 4.24. The first kappa shape index (κ1) is 16.8. The molecule has 0 saturated heterocycles. The van der Waals surface area contributed by atoms with Crippen LogP contribution in [-0.2, 0) is 0 Å². The predicted octanol–water partition coefficient (Wildman–Crippen LogP) is 3.94. The van der Waals surface area contributed by atoms with Crippen molar-refractivity contribution in [2.75, 3.05) is 7.11 Å². The first-order valence-corrected chi connectivity index (χ1v) is 8.54. The molecule has 4 heterocycles. The number of pyridine rings is 1. The van der Waals surface area contributed by atoms with Gasteiger partial charge in [0.2, 0.25) is 0 Å². The minimum Gasteiger partial charge on any atom is -0.495 e. The van der Waals surface area contributed by atoms with Gasteiger partial charge < -0.3 is 22.3 Å². The number of methoxy groups -OCH3 is 1. The summed E-state index contributed by atoms with van der Waals surface area (Å²) >= 11 is 0. The van der Waals surface area contributed by atoms with Gasteiger partial charge in [0.1, 0.15) is 11.5 Å². The summed E-state index contributed by atoms with van der Waals surface area (Å²) in [6.07, 6.45) is 5.13. The van der Waals surface area contributed by atoms with E-state index < -0.39 is 6.97 Å². The zero-order valence-corrected chi connectivity index (χ0v) is 15.5. The quantitative estimate of drug-likeness (QED) is 0.764. The van der Waals surface area contributed by atoms with E-state index in [9.17, 15) is 0 Å². The number of aryl methyl sites for hydroxylation is 2. The Bertz CT molecular complexity index is 1050. The number of ether oxygens (including phenoxy) is 1. The van der Waals surface area contributed by atoms with Crippen molar-refractivity contribution in [1.29, 1.82) is 0 Å². The molecule has 0 saturated carbocycles. The average Bonchev–Trinajstić information content (AvgIpc) is 3.05. The van der Waals surface area contributed by atoms with E-state index in [1.165, 1.54) is 8.96 Å². The molecule has 0 spiro atoms. The van der Waals surface area contributed by atoms with E-state index in [1.54, 1.807) is 33.4 Å². The van der Waals surface area contributed by atoms with Gasteiger partial charge in [0.15, 0.2) is 5.70 Å². The molecule has 0 radical (unpaired) electrons. The zero-order chi connectivity index (χ0) is 18.8. The monoisotopic (exact) mass is 355 g/mol. The Labute approximate surface area is 151 Å². The van der Waals surface area contributed by atoms with E-state index in [1.807, 2.05) is 32.1 Å². The smallest absolute Gasteiger partial charge is 0.495 e. The Hall–Kier alpha value is -2.70. The van der Waals surface area contributed by atoms with Crippen LogP contribution in [0.3, 0.4) is 0 Å². The van der Waals surface area contributed by atoms with Crippen LogP contribution < -0.4 is 4.74 Å². The van der Waals surface area contributed by atoms with Crippen molar-refractivity contribution in [2.24, 2.45) is 0 Å². The van der Waals surface area contributed by atoms with Crippen molar-refractivity contribution < 1.29 is 17.9 Å². The molecular weight excluding hydrogens is 335 g/mol. The van der Waals surface area contributed by atoms with Crippen molar-refractivity contribution in [2.45, 2.75) is 27.7 Å². The molecule has 2 aliphatic heterocycles. The fourth-order valence-electron chi connectivity index (χ4n) is 4.24. The highest BCUT2D eigenvalue weighted by atomic mass is 19.2. The van der Waals surface area contributed by atoms with E-state index in [2.05, 4.69) is 4.98 Å². The predicted molar refractivity (Wildman–Crippen MR) is 98.8 cm³/mol.